The molecule has 0 unspecified atom stereocenters. The molecule has 9 nitrogen and oxygen atoms in total. The third-order valence-corrected chi connectivity index (χ3v) is 4.91. The molecule has 0 atom stereocenters. The zero-order valence-corrected chi connectivity index (χ0v) is 16.5. The summed E-state index contributed by atoms with van der Waals surface area (Å²) in [5.74, 6) is -0.110. The van der Waals surface area contributed by atoms with Gasteiger partial charge in [-0.2, -0.15) is 4.98 Å². The lowest BCUT2D eigenvalue weighted by Gasteiger charge is -2.03. The van der Waals surface area contributed by atoms with Crippen LogP contribution in [0.3, 0.4) is 0 Å². The van der Waals surface area contributed by atoms with E-state index in [1.165, 1.54) is 22.8 Å². The minimum Gasteiger partial charge on any atom is -0.352 e. The number of carbonyl (C=O) groups excluding carboxylic acids is 2. The zero-order valence-electron chi connectivity index (χ0n) is 15.7. The van der Waals surface area contributed by atoms with Crippen LogP contribution in [0.15, 0.2) is 41.9 Å². The van der Waals surface area contributed by atoms with Gasteiger partial charge in [0.15, 0.2) is 5.13 Å². The number of carbonyl (C=O) groups is 2. The van der Waals surface area contributed by atoms with Crippen LogP contribution in [-0.2, 0) is 11.3 Å². The van der Waals surface area contributed by atoms with Gasteiger partial charge in [0, 0.05) is 36.3 Å². The molecule has 3 aromatic heterocycles. The summed E-state index contributed by atoms with van der Waals surface area (Å²) in [7, 11) is 0. The van der Waals surface area contributed by atoms with Gasteiger partial charge in [0.2, 0.25) is 11.7 Å². The second-order valence-electron chi connectivity index (χ2n) is 6.33. The minimum absolute atomic E-state index is 0.0332. The number of amides is 2. The van der Waals surface area contributed by atoms with Crippen LogP contribution in [0.1, 0.15) is 28.8 Å². The Bertz CT molecular complexity index is 1200. The average molecular weight is 407 g/mol. The zero-order chi connectivity index (χ0) is 20.4. The van der Waals surface area contributed by atoms with E-state index in [1.54, 1.807) is 12.3 Å². The number of aromatic nitrogens is 5. The number of aryl methyl sites for hydroxylation is 1. The van der Waals surface area contributed by atoms with Crippen molar-refractivity contribution in [1.82, 2.24) is 29.9 Å². The standard InChI is InChI=1S/C19H17N7O2S/c1-11-7-8-20-18-23-16(25-26(11)18)17(28)24-19-22-15(10-29-19)14-5-3-13(4-6-14)9-21-12(2)27/h3-8,10H,9H2,1-2H3,(H,21,27)(H,22,24,28). The van der Waals surface area contributed by atoms with Crippen LogP contribution in [0.5, 0.6) is 0 Å². The van der Waals surface area contributed by atoms with Crippen molar-refractivity contribution in [3.05, 3.63) is 59.0 Å². The Morgan fingerprint density at radius 1 is 1.14 bits per heavy atom. The maximum absolute atomic E-state index is 12.5. The van der Waals surface area contributed by atoms with Gasteiger partial charge in [-0.05, 0) is 18.6 Å². The topological polar surface area (TPSA) is 114 Å². The molecule has 4 rings (SSSR count). The third kappa shape index (κ3) is 4.11. The maximum atomic E-state index is 12.5. The first-order valence-corrected chi connectivity index (χ1v) is 9.66. The molecule has 10 heteroatoms. The van der Waals surface area contributed by atoms with Gasteiger partial charge in [-0.3, -0.25) is 14.9 Å². The van der Waals surface area contributed by atoms with E-state index in [4.69, 9.17) is 0 Å². The van der Waals surface area contributed by atoms with Gasteiger partial charge in [0.1, 0.15) is 0 Å². The molecule has 146 valence electrons. The van der Waals surface area contributed by atoms with E-state index < -0.39 is 5.91 Å². The quantitative estimate of drug-likeness (QED) is 0.525. The van der Waals surface area contributed by atoms with Crippen LogP contribution in [0.4, 0.5) is 5.13 Å². The van der Waals surface area contributed by atoms with Crippen molar-refractivity contribution in [3.63, 3.8) is 0 Å². The van der Waals surface area contributed by atoms with E-state index in [-0.39, 0.29) is 11.7 Å². The smallest absolute Gasteiger partial charge is 0.297 e. The Morgan fingerprint density at radius 2 is 1.93 bits per heavy atom. The predicted molar refractivity (Wildman–Crippen MR) is 109 cm³/mol. The first kappa shape index (κ1) is 18.7. The normalized spacial score (nSPS) is 10.8. The highest BCUT2D eigenvalue weighted by Gasteiger charge is 2.16. The van der Waals surface area contributed by atoms with E-state index in [2.05, 4.69) is 30.7 Å². The van der Waals surface area contributed by atoms with Gasteiger partial charge < -0.3 is 5.32 Å². The molecule has 0 fully saturated rings. The number of fused-ring (bicyclic) bond motifs is 1. The molecule has 0 spiro atoms. The number of benzene rings is 1. The van der Waals surface area contributed by atoms with E-state index in [1.807, 2.05) is 36.6 Å². The van der Waals surface area contributed by atoms with Crippen molar-refractivity contribution < 1.29 is 9.59 Å². The number of hydrogen-bond acceptors (Lipinski definition) is 7. The summed E-state index contributed by atoms with van der Waals surface area (Å²) in [6.45, 7) is 3.83. The fraction of sp³-hybridized carbons (Fsp3) is 0.158. The fourth-order valence-corrected chi connectivity index (χ4v) is 3.35. The second-order valence-corrected chi connectivity index (χ2v) is 7.19. The molecule has 0 aliphatic rings. The van der Waals surface area contributed by atoms with E-state index in [0.29, 0.717) is 17.5 Å². The monoisotopic (exact) mass is 407 g/mol. The molecule has 2 amide bonds. The third-order valence-electron chi connectivity index (χ3n) is 4.15. The van der Waals surface area contributed by atoms with E-state index in [0.717, 1.165) is 22.5 Å². The minimum atomic E-state index is -0.443. The SMILES string of the molecule is CC(=O)NCc1ccc(-c2csc(NC(=O)c3nc4nccc(C)n4n3)n2)cc1. The lowest BCUT2D eigenvalue weighted by molar-refractivity contribution is -0.119. The van der Waals surface area contributed by atoms with Crippen molar-refractivity contribution >= 4 is 34.1 Å². The van der Waals surface area contributed by atoms with Crippen molar-refractivity contribution in [2.75, 3.05) is 5.32 Å². The second kappa shape index (κ2) is 7.76. The molecular weight excluding hydrogens is 390 g/mol. The first-order chi connectivity index (χ1) is 14.0. The average Bonchev–Trinajstić information content (AvgIpc) is 3.35. The molecule has 4 aromatic rings. The fourth-order valence-electron chi connectivity index (χ4n) is 2.64. The number of anilines is 1. The predicted octanol–water partition coefficient (Wildman–Crippen LogP) is 2.44. The molecule has 0 aliphatic heterocycles. The lowest BCUT2D eigenvalue weighted by Crippen LogP contribution is -2.18. The van der Waals surface area contributed by atoms with Gasteiger partial charge in [-0.15, -0.1) is 16.4 Å². The highest BCUT2D eigenvalue weighted by Crippen LogP contribution is 2.25. The molecule has 0 saturated heterocycles. The molecular formula is C19H17N7O2S. The summed E-state index contributed by atoms with van der Waals surface area (Å²) >= 11 is 1.32. The summed E-state index contributed by atoms with van der Waals surface area (Å²) in [5, 5.41) is 12.0. The van der Waals surface area contributed by atoms with Gasteiger partial charge in [0.05, 0.1) is 5.69 Å². The Morgan fingerprint density at radius 3 is 2.66 bits per heavy atom. The van der Waals surface area contributed by atoms with Crippen molar-refractivity contribution in [2.24, 2.45) is 0 Å². The number of nitrogens with zero attached hydrogens (tertiary/aromatic N) is 5. The first-order valence-electron chi connectivity index (χ1n) is 8.78. The Labute approximate surface area is 169 Å². The molecule has 29 heavy (non-hydrogen) atoms. The van der Waals surface area contributed by atoms with Crippen LogP contribution in [-0.4, -0.2) is 36.4 Å². The summed E-state index contributed by atoms with van der Waals surface area (Å²) in [6.07, 6.45) is 1.62. The van der Waals surface area contributed by atoms with Crippen LogP contribution >= 0.6 is 11.3 Å². The van der Waals surface area contributed by atoms with E-state index in [9.17, 15) is 9.59 Å². The molecule has 0 saturated carbocycles. The Balaban J connectivity index is 1.46. The van der Waals surface area contributed by atoms with Crippen LogP contribution in [0.2, 0.25) is 0 Å². The summed E-state index contributed by atoms with van der Waals surface area (Å²) in [5.41, 5.74) is 3.49. The van der Waals surface area contributed by atoms with Gasteiger partial charge in [-0.25, -0.2) is 14.5 Å². The molecule has 0 aliphatic carbocycles. The largest absolute Gasteiger partial charge is 0.352 e. The van der Waals surface area contributed by atoms with Crippen molar-refractivity contribution in [2.45, 2.75) is 20.4 Å². The Kier molecular flexibility index (Phi) is 5.00. The van der Waals surface area contributed by atoms with Crippen molar-refractivity contribution in [1.29, 1.82) is 0 Å². The maximum Gasteiger partial charge on any atom is 0.297 e. The molecule has 1 aromatic carbocycles. The van der Waals surface area contributed by atoms with Gasteiger partial charge >= 0.3 is 0 Å². The molecule has 3 heterocycles. The summed E-state index contributed by atoms with van der Waals surface area (Å²) in [4.78, 5) is 36.2. The number of thiazole rings is 1. The number of hydrogen-bond donors (Lipinski definition) is 2. The van der Waals surface area contributed by atoms with Crippen LogP contribution in [0.25, 0.3) is 17.0 Å². The van der Waals surface area contributed by atoms with Crippen LogP contribution in [0, 0.1) is 6.92 Å². The lowest BCUT2D eigenvalue weighted by atomic mass is 10.1. The van der Waals surface area contributed by atoms with Crippen LogP contribution < -0.4 is 10.6 Å². The molecule has 0 bridgehead atoms. The number of nitrogens with one attached hydrogen (secondary N) is 2. The molecule has 2 N–H and O–H groups in total. The summed E-state index contributed by atoms with van der Waals surface area (Å²) in [6, 6.07) is 9.50. The van der Waals surface area contributed by atoms with E-state index >= 15 is 0 Å². The molecule has 0 radical (unpaired) electrons. The highest BCUT2D eigenvalue weighted by atomic mass is 32.1. The van der Waals surface area contributed by atoms with Crippen molar-refractivity contribution in [3.8, 4) is 11.3 Å². The summed E-state index contributed by atoms with van der Waals surface area (Å²) < 4.78 is 1.52. The van der Waals surface area contributed by atoms with Gasteiger partial charge in [-0.1, -0.05) is 24.3 Å². The number of rotatable bonds is 5. The Hall–Kier alpha value is -3.66. The van der Waals surface area contributed by atoms with Gasteiger partial charge in [0.25, 0.3) is 11.7 Å². The highest BCUT2D eigenvalue weighted by molar-refractivity contribution is 7.14.